The number of alkyl halides is 3. The molecule has 1 aliphatic rings. The van der Waals surface area contributed by atoms with Gasteiger partial charge in [-0.3, -0.25) is 14.2 Å². The van der Waals surface area contributed by atoms with E-state index in [9.17, 15) is 22.8 Å². The van der Waals surface area contributed by atoms with E-state index in [0.29, 0.717) is 42.8 Å². The number of carbonyl (C=O) groups excluding carboxylic acids is 1. The zero-order chi connectivity index (χ0) is 22.2. The summed E-state index contributed by atoms with van der Waals surface area (Å²) in [5.74, 6) is -0.220. The molecule has 0 N–H and O–H groups in total. The molecule has 2 heterocycles. The molecule has 1 fully saturated rings. The van der Waals surface area contributed by atoms with Crippen molar-refractivity contribution < 1.29 is 18.0 Å². The largest absolute Gasteiger partial charge is 0.416 e. The molecule has 2 aromatic carbocycles. The number of carbonyl (C=O) groups is 1. The van der Waals surface area contributed by atoms with E-state index in [0.717, 1.165) is 12.1 Å². The van der Waals surface area contributed by atoms with E-state index in [2.05, 4.69) is 4.98 Å². The van der Waals surface area contributed by atoms with Gasteiger partial charge in [0.1, 0.15) is 6.04 Å². The molecule has 1 saturated heterocycles. The van der Waals surface area contributed by atoms with Gasteiger partial charge >= 0.3 is 6.18 Å². The lowest BCUT2D eigenvalue weighted by molar-refractivity contribution is -0.137. The molecule has 0 radical (unpaired) electrons. The first-order chi connectivity index (χ1) is 14.8. The van der Waals surface area contributed by atoms with Gasteiger partial charge in [0.15, 0.2) is 0 Å². The predicted molar refractivity (Wildman–Crippen MR) is 111 cm³/mol. The van der Waals surface area contributed by atoms with Crippen LogP contribution in [0.15, 0.2) is 59.7 Å². The van der Waals surface area contributed by atoms with E-state index in [1.165, 1.54) is 17.0 Å². The number of amides is 1. The second kappa shape index (κ2) is 8.05. The standard InChI is InChI=1S/C22H21F3N4O2/c1-15(29-14-26-19-8-3-2-7-18(19)21(29)31)20(30)28-11-9-27(10-12-28)17-6-4-5-16(13-17)22(23,24)25/h2-8,13-15H,9-12H2,1H3/t15-/m1/s1. The molecule has 6 nitrogen and oxygen atoms in total. The fraction of sp³-hybridized carbons (Fsp3) is 0.318. The maximum Gasteiger partial charge on any atom is 0.416 e. The van der Waals surface area contributed by atoms with Crippen molar-refractivity contribution >= 4 is 22.5 Å². The van der Waals surface area contributed by atoms with E-state index in [1.54, 1.807) is 42.2 Å². The van der Waals surface area contributed by atoms with Gasteiger partial charge < -0.3 is 9.80 Å². The number of nitrogens with zero attached hydrogens (tertiary/aromatic N) is 4. The fourth-order valence-corrected chi connectivity index (χ4v) is 3.81. The third kappa shape index (κ3) is 4.12. The first kappa shape index (κ1) is 20.9. The molecule has 31 heavy (non-hydrogen) atoms. The van der Waals surface area contributed by atoms with Crippen LogP contribution < -0.4 is 10.5 Å². The summed E-state index contributed by atoms with van der Waals surface area (Å²) in [5.41, 5.74) is 0.0670. The lowest BCUT2D eigenvalue weighted by Gasteiger charge is -2.37. The molecular weight excluding hydrogens is 409 g/mol. The molecule has 3 aromatic rings. The van der Waals surface area contributed by atoms with Crippen molar-refractivity contribution in [2.24, 2.45) is 0 Å². The quantitative estimate of drug-likeness (QED) is 0.640. The summed E-state index contributed by atoms with van der Waals surface area (Å²) in [5, 5.41) is 0.444. The van der Waals surface area contributed by atoms with Crippen LogP contribution in [-0.2, 0) is 11.0 Å². The van der Waals surface area contributed by atoms with Crippen LogP contribution in [0.1, 0.15) is 18.5 Å². The van der Waals surface area contributed by atoms with Crippen LogP contribution in [0.5, 0.6) is 0 Å². The van der Waals surface area contributed by atoms with Gasteiger partial charge in [-0.1, -0.05) is 18.2 Å². The minimum absolute atomic E-state index is 0.220. The van der Waals surface area contributed by atoms with Gasteiger partial charge in [-0.05, 0) is 37.3 Å². The Morgan fingerprint density at radius 1 is 1.03 bits per heavy atom. The van der Waals surface area contributed by atoms with Crippen LogP contribution in [0, 0.1) is 0 Å². The van der Waals surface area contributed by atoms with Crippen LogP contribution in [-0.4, -0.2) is 46.5 Å². The van der Waals surface area contributed by atoms with Crippen molar-refractivity contribution in [2.45, 2.75) is 19.1 Å². The second-order valence-electron chi connectivity index (χ2n) is 7.51. The average Bonchev–Trinajstić information content (AvgIpc) is 2.78. The number of rotatable bonds is 3. The molecule has 0 unspecified atom stereocenters. The Hall–Kier alpha value is -3.36. The average molecular weight is 430 g/mol. The van der Waals surface area contributed by atoms with Gasteiger partial charge in [-0.15, -0.1) is 0 Å². The van der Waals surface area contributed by atoms with E-state index in [1.807, 2.05) is 4.90 Å². The van der Waals surface area contributed by atoms with Gasteiger partial charge in [-0.25, -0.2) is 4.98 Å². The molecule has 1 aliphatic heterocycles. The summed E-state index contributed by atoms with van der Waals surface area (Å²) in [6.45, 7) is 3.18. The molecule has 162 valence electrons. The normalized spacial score (nSPS) is 15.9. The molecule has 0 spiro atoms. The smallest absolute Gasteiger partial charge is 0.368 e. The Morgan fingerprint density at radius 2 is 1.74 bits per heavy atom. The Bertz CT molecular complexity index is 1170. The minimum Gasteiger partial charge on any atom is -0.368 e. The number of aromatic nitrogens is 2. The van der Waals surface area contributed by atoms with Crippen molar-refractivity contribution in [3.8, 4) is 0 Å². The van der Waals surface area contributed by atoms with Crippen LogP contribution >= 0.6 is 0 Å². The van der Waals surface area contributed by atoms with Crippen LogP contribution in [0.25, 0.3) is 10.9 Å². The molecule has 9 heteroatoms. The van der Waals surface area contributed by atoms with Gasteiger partial charge in [0, 0.05) is 31.9 Å². The van der Waals surface area contributed by atoms with Gasteiger partial charge in [0.05, 0.1) is 22.8 Å². The highest BCUT2D eigenvalue weighted by Gasteiger charge is 2.32. The molecule has 1 amide bonds. The highest BCUT2D eigenvalue weighted by atomic mass is 19.4. The molecular formula is C22H21F3N4O2. The van der Waals surface area contributed by atoms with Crippen molar-refractivity contribution in [3.63, 3.8) is 0 Å². The number of benzene rings is 2. The van der Waals surface area contributed by atoms with E-state index in [4.69, 9.17) is 0 Å². The summed E-state index contributed by atoms with van der Waals surface area (Å²) in [7, 11) is 0. The van der Waals surface area contributed by atoms with E-state index in [-0.39, 0.29) is 11.5 Å². The Morgan fingerprint density at radius 3 is 2.45 bits per heavy atom. The Kier molecular flexibility index (Phi) is 5.43. The van der Waals surface area contributed by atoms with Crippen LogP contribution in [0.3, 0.4) is 0 Å². The zero-order valence-electron chi connectivity index (χ0n) is 16.8. The van der Waals surface area contributed by atoms with E-state index >= 15 is 0 Å². The molecule has 1 aromatic heterocycles. The molecule has 0 saturated carbocycles. The maximum absolute atomic E-state index is 13.0. The lowest BCUT2D eigenvalue weighted by atomic mass is 10.1. The number of anilines is 1. The van der Waals surface area contributed by atoms with Gasteiger partial charge in [0.2, 0.25) is 5.91 Å². The first-order valence-electron chi connectivity index (χ1n) is 9.92. The number of piperazine rings is 1. The van der Waals surface area contributed by atoms with Gasteiger partial charge in [-0.2, -0.15) is 13.2 Å². The number of hydrogen-bond donors (Lipinski definition) is 0. The summed E-state index contributed by atoms with van der Waals surface area (Å²) >= 11 is 0. The van der Waals surface area contributed by atoms with Gasteiger partial charge in [0.25, 0.3) is 5.56 Å². The minimum atomic E-state index is -4.40. The summed E-state index contributed by atoms with van der Waals surface area (Å²) in [6.07, 6.45) is -3.02. The highest BCUT2D eigenvalue weighted by Crippen LogP contribution is 2.32. The summed E-state index contributed by atoms with van der Waals surface area (Å²) < 4.78 is 40.3. The first-order valence-corrected chi connectivity index (χ1v) is 9.92. The Labute approximate surface area is 176 Å². The SMILES string of the molecule is C[C@H](C(=O)N1CCN(c2cccc(C(F)(F)F)c2)CC1)n1cnc2ccccc2c1=O. The number of para-hydroxylation sites is 1. The number of halogens is 3. The van der Waals surface area contributed by atoms with Crippen LogP contribution in [0.4, 0.5) is 18.9 Å². The monoisotopic (exact) mass is 430 g/mol. The topological polar surface area (TPSA) is 58.4 Å². The van der Waals surface area contributed by atoms with Crippen molar-refractivity contribution in [1.29, 1.82) is 0 Å². The molecule has 0 bridgehead atoms. The number of hydrogen-bond acceptors (Lipinski definition) is 4. The molecule has 0 aliphatic carbocycles. The number of fused-ring (bicyclic) bond motifs is 1. The zero-order valence-corrected chi connectivity index (χ0v) is 16.8. The Balaban J connectivity index is 1.46. The third-order valence-electron chi connectivity index (χ3n) is 5.59. The van der Waals surface area contributed by atoms with Crippen molar-refractivity contribution in [1.82, 2.24) is 14.5 Å². The van der Waals surface area contributed by atoms with E-state index < -0.39 is 17.8 Å². The highest BCUT2D eigenvalue weighted by molar-refractivity contribution is 5.82. The molecule has 4 rings (SSSR count). The fourth-order valence-electron chi connectivity index (χ4n) is 3.81. The maximum atomic E-state index is 13.0. The van der Waals surface area contributed by atoms with Crippen molar-refractivity contribution in [3.05, 3.63) is 70.8 Å². The lowest BCUT2D eigenvalue weighted by Crippen LogP contribution is -2.51. The summed E-state index contributed by atoms with van der Waals surface area (Å²) in [4.78, 5) is 33.5. The predicted octanol–water partition coefficient (Wildman–Crippen LogP) is 3.33. The molecule has 1 atom stereocenters. The third-order valence-corrected chi connectivity index (χ3v) is 5.59. The summed E-state index contributed by atoms with van der Waals surface area (Å²) in [6, 6.07) is 11.4. The van der Waals surface area contributed by atoms with Crippen LogP contribution in [0.2, 0.25) is 0 Å². The van der Waals surface area contributed by atoms with Crippen molar-refractivity contribution in [2.75, 3.05) is 31.1 Å². The second-order valence-corrected chi connectivity index (χ2v) is 7.51.